The van der Waals surface area contributed by atoms with Crippen molar-refractivity contribution in [2.75, 3.05) is 6.54 Å². The summed E-state index contributed by atoms with van der Waals surface area (Å²) in [5, 5.41) is 5.84. The summed E-state index contributed by atoms with van der Waals surface area (Å²) in [6.07, 6.45) is 6.19. The van der Waals surface area contributed by atoms with Crippen LogP contribution >= 0.6 is 0 Å². The summed E-state index contributed by atoms with van der Waals surface area (Å²) in [4.78, 5) is 11.3. The SMILES string of the molecule is CCCNC(=O)NC(C)C1CCCC1. The molecule has 0 aromatic rings. The highest BCUT2D eigenvalue weighted by Crippen LogP contribution is 2.27. The summed E-state index contributed by atoms with van der Waals surface area (Å²) in [7, 11) is 0. The largest absolute Gasteiger partial charge is 0.338 e. The zero-order valence-electron chi connectivity index (χ0n) is 9.31. The average Bonchev–Trinajstić information content (AvgIpc) is 2.67. The van der Waals surface area contributed by atoms with Crippen molar-refractivity contribution in [3.8, 4) is 0 Å². The lowest BCUT2D eigenvalue weighted by atomic mass is 10.0. The number of amides is 2. The predicted molar refractivity (Wildman–Crippen MR) is 58.2 cm³/mol. The minimum Gasteiger partial charge on any atom is -0.338 e. The van der Waals surface area contributed by atoms with Crippen LogP contribution in [-0.4, -0.2) is 18.6 Å². The van der Waals surface area contributed by atoms with Crippen LogP contribution in [0.15, 0.2) is 0 Å². The molecule has 2 amide bonds. The van der Waals surface area contributed by atoms with Gasteiger partial charge in [-0.25, -0.2) is 4.79 Å². The minimum absolute atomic E-state index is 0.00810. The maximum Gasteiger partial charge on any atom is 0.315 e. The predicted octanol–water partition coefficient (Wildman–Crippen LogP) is 2.27. The van der Waals surface area contributed by atoms with E-state index in [1.54, 1.807) is 0 Å². The van der Waals surface area contributed by atoms with Gasteiger partial charge in [-0.2, -0.15) is 0 Å². The number of urea groups is 1. The van der Waals surface area contributed by atoms with Crippen molar-refractivity contribution in [3.63, 3.8) is 0 Å². The van der Waals surface area contributed by atoms with Gasteiger partial charge < -0.3 is 10.6 Å². The molecule has 3 heteroatoms. The van der Waals surface area contributed by atoms with Gasteiger partial charge in [0.2, 0.25) is 0 Å². The van der Waals surface area contributed by atoms with Gasteiger partial charge in [-0.15, -0.1) is 0 Å². The number of nitrogens with one attached hydrogen (secondary N) is 2. The fraction of sp³-hybridized carbons (Fsp3) is 0.909. The van der Waals surface area contributed by atoms with Crippen molar-refractivity contribution in [1.82, 2.24) is 10.6 Å². The molecule has 1 rings (SSSR count). The summed E-state index contributed by atoms with van der Waals surface area (Å²) in [6, 6.07) is 0.320. The lowest BCUT2D eigenvalue weighted by molar-refractivity contribution is 0.232. The minimum atomic E-state index is -0.00810. The van der Waals surface area contributed by atoms with Gasteiger partial charge in [0.1, 0.15) is 0 Å². The van der Waals surface area contributed by atoms with Crippen molar-refractivity contribution in [2.24, 2.45) is 5.92 Å². The molecule has 1 unspecified atom stereocenters. The van der Waals surface area contributed by atoms with E-state index in [1.807, 2.05) is 0 Å². The van der Waals surface area contributed by atoms with Gasteiger partial charge in [-0.05, 0) is 32.1 Å². The summed E-state index contributed by atoms with van der Waals surface area (Å²) in [6.45, 7) is 4.94. The highest BCUT2D eigenvalue weighted by Gasteiger charge is 2.22. The van der Waals surface area contributed by atoms with E-state index in [-0.39, 0.29) is 6.03 Å². The van der Waals surface area contributed by atoms with E-state index in [1.165, 1.54) is 25.7 Å². The fourth-order valence-electron chi connectivity index (χ4n) is 2.07. The van der Waals surface area contributed by atoms with Crippen molar-refractivity contribution >= 4 is 6.03 Å². The number of rotatable bonds is 4. The number of carbonyl (C=O) groups excluding carboxylic acids is 1. The molecule has 14 heavy (non-hydrogen) atoms. The lowest BCUT2D eigenvalue weighted by Gasteiger charge is -2.20. The molecule has 1 atom stereocenters. The molecule has 82 valence electrons. The van der Waals surface area contributed by atoms with Crippen molar-refractivity contribution < 1.29 is 4.79 Å². The van der Waals surface area contributed by atoms with E-state index in [2.05, 4.69) is 24.5 Å². The lowest BCUT2D eigenvalue weighted by Crippen LogP contribution is -2.43. The summed E-state index contributed by atoms with van der Waals surface area (Å²) < 4.78 is 0. The molecule has 1 aliphatic carbocycles. The third-order valence-electron chi connectivity index (χ3n) is 3.00. The third kappa shape index (κ3) is 3.56. The van der Waals surface area contributed by atoms with Crippen molar-refractivity contribution in [2.45, 2.75) is 52.0 Å². The Morgan fingerprint density at radius 2 is 2.07 bits per heavy atom. The summed E-state index contributed by atoms with van der Waals surface area (Å²) >= 11 is 0. The van der Waals surface area contributed by atoms with Crippen LogP contribution in [0.25, 0.3) is 0 Å². The first kappa shape index (κ1) is 11.3. The van der Waals surface area contributed by atoms with E-state index in [9.17, 15) is 4.79 Å². The van der Waals surface area contributed by atoms with Crippen LogP contribution in [0.1, 0.15) is 46.0 Å². The highest BCUT2D eigenvalue weighted by molar-refractivity contribution is 5.74. The highest BCUT2D eigenvalue weighted by atomic mass is 16.2. The van der Waals surface area contributed by atoms with Crippen LogP contribution in [0.2, 0.25) is 0 Å². The molecule has 0 saturated heterocycles. The molecular weight excluding hydrogens is 176 g/mol. The first-order valence-electron chi connectivity index (χ1n) is 5.78. The van der Waals surface area contributed by atoms with Crippen LogP contribution in [0.3, 0.4) is 0 Å². The smallest absolute Gasteiger partial charge is 0.315 e. The molecule has 0 aromatic heterocycles. The van der Waals surface area contributed by atoms with E-state index in [4.69, 9.17) is 0 Å². The van der Waals surface area contributed by atoms with Crippen LogP contribution in [-0.2, 0) is 0 Å². The van der Waals surface area contributed by atoms with Gasteiger partial charge in [-0.1, -0.05) is 19.8 Å². The fourth-order valence-corrected chi connectivity index (χ4v) is 2.07. The van der Waals surface area contributed by atoms with Crippen LogP contribution in [0.5, 0.6) is 0 Å². The van der Waals surface area contributed by atoms with Crippen LogP contribution < -0.4 is 10.6 Å². The van der Waals surface area contributed by atoms with E-state index in [0.29, 0.717) is 12.0 Å². The number of hydrogen-bond donors (Lipinski definition) is 2. The van der Waals surface area contributed by atoms with E-state index >= 15 is 0 Å². The Balaban J connectivity index is 2.18. The molecule has 3 nitrogen and oxygen atoms in total. The molecule has 1 aliphatic rings. The van der Waals surface area contributed by atoms with Crippen molar-refractivity contribution in [1.29, 1.82) is 0 Å². The van der Waals surface area contributed by atoms with Gasteiger partial charge in [0.05, 0.1) is 0 Å². The van der Waals surface area contributed by atoms with Crippen LogP contribution in [0.4, 0.5) is 4.79 Å². The maximum atomic E-state index is 11.3. The van der Waals surface area contributed by atoms with E-state index < -0.39 is 0 Å². The Kier molecular flexibility index (Phi) is 4.77. The molecule has 0 aliphatic heterocycles. The van der Waals surface area contributed by atoms with Crippen LogP contribution in [0, 0.1) is 5.92 Å². The quantitative estimate of drug-likeness (QED) is 0.715. The zero-order chi connectivity index (χ0) is 10.4. The second-order valence-electron chi connectivity index (χ2n) is 4.23. The molecule has 0 aromatic carbocycles. The summed E-state index contributed by atoms with van der Waals surface area (Å²) in [5.41, 5.74) is 0. The molecule has 1 saturated carbocycles. The topological polar surface area (TPSA) is 41.1 Å². The third-order valence-corrected chi connectivity index (χ3v) is 3.00. The monoisotopic (exact) mass is 198 g/mol. The Hall–Kier alpha value is -0.730. The normalized spacial score (nSPS) is 19.3. The maximum absolute atomic E-state index is 11.3. The first-order chi connectivity index (χ1) is 6.74. The Labute approximate surface area is 86.6 Å². The number of hydrogen-bond acceptors (Lipinski definition) is 1. The zero-order valence-corrected chi connectivity index (χ0v) is 9.31. The van der Waals surface area contributed by atoms with Gasteiger partial charge >= 0.3 is 6.03 Å². The molecule has 0 bridgehead atoms. The molecule has 0 spiro atoms. The Morgan fingerprint density at radius 1 is 1.43 bits per heavy atom. The molecule has 1 fully saturated rings. The standard InChI is InChI=1S/C11H22N2O/c1-3-8-12-11(14)13-9(2)10-6-4-5-7-10/h9-10H,3-8H2,1-2H3,(H2,12,13,14). The molecule has 2 N–H and O–H groups in total. The second kappa shape index (κ2) is 5.89. The van der Waals surface area contributed by atoms with Gasteiger partial charge in [0.15, 0.2) is 0 Å². The number of carbonyl (C=O) groups is 1. The molecule has 0 heterocycles. The van der Waals surface area contributed by atoms with Gasteiger partial charge in [0.25, 0.3) is 0 Å². The van der Waals surface area contributed by atoms with Gasteiger partial charge in [-0.3, -0.25) is 0 Å². The molecule has 0 radical (unpaired) electrons. The Bertz CT molecular complexity index is 176. The Morgan fingerprint density at radius 3 is 2.64 bits per heavy atom. The van der Waals surface area contributed by atoms with Crippen molar-refractivity contribution in [3.05, 3.63) is 0 Å². The second-order valence-corrected chi connectivity index (χ2v) is 4.23. The van der Waals surface area contributed by atoms with Gasteiger partial charge in [0, 0.05) is 12.6 Å². The average molecular weight is 198 g/mol. The molecular formula is C11H22N2O. The first-order valence-corrected chi connectivity index (χ1v) is 5.78. The van der Waals surface area contributed by atoms with E-state index in [0.717, 1.165) is 13.0 Å². The summed E-state index contributed by atoms with van der Waals surface area (Å²) in [5.74, 6) is 0.697.